The highest BCUT2D eigenvalue weighted by Crippen LogP contribution is 2.43. The molecule has 73 heavy (non-hydrogen) atoms. The van der Waals surface area contributed by atoms with Gasteiger partial charge < -0.3 is 19.4 Å². The van der Waals surface area contributed by atoms with Crippen molar-refractivity contribution in [2.75, 3.05) is 40.9 Å². The fraction of sp³-hybridized carbons (Fsp3) is 0.683. The molecule has 0 fully saturated rings. The highest BCUT2D eigenvalue weighted by atomic mass is 31.2. The van der Waals surface area contributed by atoms with Gasteiger partial charge in [0.05, 0.1) is 33.8 Å². The standard InChI is InChI=1S/C63H109N2O7P/c1-7-10-13-16-19-22-25-28-30-31-32-33-35-38-41-44-47-50-53-56-63(67)72-61(54-51-48-45-42-39-36-27-24-21-18-15-12-9-3)60(59-71-73(68,69)70-58-57-65(4,5)6)64-62(66)55-52-49-46-43-40-37-34-29-26-23-20-17-14-11-8-2/h10-11,13-14,17,19-20,22-23,26,28,30,32-33,38,41,51,54,60-61H,7-9,12,15-16,18,21,24-25,27,29,31,34-37,39-40,42-50,52-53,55-59H2,1-6H3,(H-,64,66,68,69)/p+1/b13-10-,14-11+,20-17+,22-19-,26-23+,30-28-,33-32-,41-38-,54-51+. The van der Waals surface area contributed by atoms with E-state index in [1.807, 2.05) is 33.3 Å². The average molecular weight is 1040 g/mol. The highest BCUT2D eigenvalue weighted by molar-refractivity contribution is 7.47. The maximum absolute atomic E-state index is 13.5. The predicted octanol–water partition coefficient (Wildman–Crippen LogP) is 17.8. The van der Waals surface area contributed by atoms with Crippen molar-refractivity contribution in [1.29, 1.82) is 0 Å². The number of carbonyl (C=O) groups is 2. The van der Waals surface area contributed by atoms with Gasteiger partial charge in [0.1, 0.15) is 19.3 Å². The molecule has 0 aliphatic rings. The monoisotopic (exact) mass is 1040 g/mol. The number of unbranched alkanes of at least 4 members (excludes halogenated alkanes) is 21. The minimum atomic E-state index is -4.46. The zero-order chi connectivity index (χ0) is 53.6. The molecule has 0 bridgehead atoms. The summed E-state index contributed by atoms with van der Waals surface area (Å²) in [5, 5.41) is 3.03. The number of rotatable bonds is 51. The molecule has 418 valence electrons. The third kappa shape index (κ3) is 53.3. The highest BCUT2D eigenvalue weighted by Gasteiger charge is 2.30. The summed E-state index contributed by atoms with van der Waals surface area (Å²) in [5.74, 6) is -0.564. The first-order valence-corrected chi connectivity index (χ1v) is 30.7. The molecule has 2 N–H and O–H groups in total. The molecule has 9 nitrogen and oxygen atoms in total. The summed E-state index contributed by atoms with van der Waals surface area (Å²) in [6.07, 6.45) is 70.8. The molecular weight excluding hydrogens is 928 g/mol. The Morgan fingerprint density at radius 2 is 0.945 bits per heavy atom. The Morgan fingerprint density at radius 1 is 0.507 bits per heavy atom. The number of carbonyl (C=O) groups excluding carboxylic acids is 2. The number of amides is 1. The Morgan fingerprint density at radius 3 is 1.48 bits per heavy atom. The first-order valence-electron chi connectivity index (χ1n) is 29.2. The lowest BCUT2D eigenvalue weighted by atomic mass is 10.0. The zero-order valence-electron chi connectivity index (χ0n) is 47.6. The third-order valence-electron chi connectivity index (χ3n) is 12.3. The van der Waals surface area contributed by atoms with E-state index in [1.54, 1.807) is 0 Å². The molecule has 3 atom stereocenters. The summed E-state index contributed by atoms with van der Waals surface area (Å²) in [6, 6.07) is -0.875. The van der Waals surface area contributed by atoms with Crippen LogP contribution in [-0.2, 0) is 27.9 Å². The molecule has 0 saturated heterocycles. The molecule has 0 aromatic heterocycles. The van der Waals surface area contributed by atoms with Gasteiger partial charge in [0.25, 0.3) is 0 Å². The molecule has 0 aromatic carbocycles. The van der Waals surface area contributed by atoms with Crippen LogP contribution in [0.25, 0.3) is 0 Å². The summed E-state index contributed by atoms with van der Waals surface area (Å²) < 4.78 is 30.6. The maximum Gasteiger partial charge on any atom is 0.472 e. The van der Waals surface area contributed by atoms with Crippen LogP contribution >= 0.6 is 7.82 Å². The molecule has 0 saturated carbocycles. The van der Waals surface area contributed by atoms with Crippen LogP contribution < -0.4 is 5.32 Å². The second kappa shape index (κ2) is 52.1. The van der Waals surface area contributed by atoms with E-state index in [0.717, 1.165) is 109 Å². The van der Waals surface area contributed by atoms with Gasteiger partial charge in [-0.1, -0.05) is 227 Å². The lowest BCUT2D eigenvalue weighted by molar-refractivity contribution is -0.870. The Bertz CT molecular complexity index is 1620. The molecule has 3 unspecified atom stereocenters. The van der Waals surface area contributed by atoms with E-state index in [4.69, 9.17) is 13.8 Å². The number of likely N-dealkylation sites (N-methyl/N-ethyl adjacent to an activating group) is 1. The summed E-state index contributed by atoms with van der Waals surface area (Å²) in [6.45, 7) is 6.72. The fourth-order valence-corrected chi connectivity index (χ4v) is 8.52. The Labute approximate surface area is 449 Å². The van der Waals surface area contributed by atoms with Gasteiger partial charge in [-0.15, -0.1) is 0 Å². The van der Waals surface area contributed by atoms with Crippen molar-refractivity contribution in [3.05, 3.63) is 109 Å². The van der Waals surface area contributed by atoms with E-state index in [2.05, 4.69) is 123 Å². The van der Waals surface area contributed by atoms with Gasteiger partial charge in [0, 0.05) is 12.8 Å². The van der Waals surface area contributed by atoms with Crippen molar-refractivity contribution in [3.63, 3.8) is 0 Å². The molecular formula is C63H110N2O7P+. The fourth-order valence-electron chi connectivity index (χ4n) is 7.79. The first-order chi connectivity index (χ1) is 35.4. The van der Waals surface area contributed by atoms with Crippen molar-refractivity contribution in [1.82, 2.24) is 5.32 Å². The van der Waals surface area contributed by atoms with E-state index < -0.39 is 20.0 Å². The number of esters is 1. The second-order valence-corrected chi connectivity index (χ2v) is 21.9. The van der Waals surface area contributed by atoms with Crippen molar-refractivity contribution in [3.8, 4) is 0 Å². The summed E-state index contributed by atoms with van der Waals surface area (Å²) in [5.41, 5.74) is 0. The van der Waals surface area contributed by atoms with E-state index >= 15 is 0 Å². The average Bonchev–Trinajstić information content (AvgIpc) is 3.35. The number of ether oxygens (including phenoxy) is 1. The summed E-state index contributed by atoms with van der Waals surface area (Å²) in [7, 11) is 1.45. The van der Waals surface area contributed by atoms with Crippen molar-refractivity contribution in [2.24, 2.45) is 0 Å². The van der Waals surface area contributed by atoms with Gasteiger partial charge in [-0.05, 0) is 96.0 Å². The molecule has 1 amide bonds. The van der Waals surface area contributed by atoms with E-state index in [1.165, 1.54) is 77.0 Å². The number of hydrogen-bond acceptors (Lipinski definition) is 6. The largest absolute Gasteiger partial charge is 0.472 e. The van der Waals surface area contributed by atoms with Crippen LogP contribution in [0.15, 0.2) is 109 Å². The van der Waals surface area contributed by atoms with Gasteiger partial charge in [0.2, 0.25) is 5.91 Å². The molecule has 0 aliphatic carbocycles. The first kappa shape index (κ1) is 69.7. The van der Waals surface area contributed by atoms with Crippen LogP contribution in [-0.4, -0.2) is 74.3 Å². The summed E-state index contributed by atoms with van der Waals surface area (Å²) in [4.78, 5) is 37.6. The second-order valence-electron chi connectivity index (χ2n) is 20.5. The third-order valence-corrected chi connectivity index (χ3v) is 13.3. The van der Waals surface area contributed by atoms with Crippen LogP contribution in [0.1, 0.15) is 226 Å². The van der Waals surface area contributed by atoms with Crippen molar-refractivity contribution < 1.29 is 37.3 Å². The van der Waals surface area contributed by atoms with Crippen LogP contribution in [0, 0.1) is 0 Å². The smallest absolute Gasteiger partial charge is 0.456 e. The number of allylic oxidation sites excluding steroid dienone is 17. The van der Waals surface area contributed by atoms with E-state index in [9.17, 15) is 19.0 Å². The number of quaternary nitrogens is 1. The van der Waals surface area contributed by atoms with Gasteiger partial charge in [-0.25, -0.2) is 4.57 Å². The quantitative estimate of drug-likeness (QED) is 0.0156. The minimum Gasteiger partial charge on any atom is -0.456 e. The minimum absolute atomic E-state index is 0.0263. The molecule has 0 rings (SSSR count). The number of nitrogens with one attached hydrogen (secondary N) is 1. The zero-order valence-corrected chi connectivity index (χ0v) is 48.5. The Hall–Kier alpha value is -3.33. The molecule has 0 aliphatic heterocycles. The number of hydrogen-bond donors (Lipinski definition) is 2. The molecule has 10 heteroatoms. The topological polar surface area (TPSA) is 111 Å². The lowest BCUT2D eigenvalue weighted by Crippen LogP contribution is -2.47. The maximum atomic E-state index is 13.5. The predicted molar refractivity (Wildman–Crippen MR) is 313 cm³/mol. The molecule has 0 aromatic rings. The SMILES string of the molecule is CC/C=C\C/C=C\C/C=C\C/C=C\C/C=C\CCCCCC(=O)OC(/C=C/CCCCCCCCCCCCC)C(COP(=O)(O)OCC[N+](C)(C)C)NC(=O)CCCCCCCCC/C=C/C=C/C=C/CC. The van der Waals surface area contributed by atoms with E-state index in [-0.39, 0.29) is 31.5 Å². The summed E-state index contributed by atoms with van der Waals surface area (Å²) >= 11 is 0. The normalized spacial score (nSPS) is 14.6. The Balaban J connectivity index is 5.44. The number of phosphoric acid groups is 1. The van der Waals surface area contributed by atoms with Crippen LogP contribution in [0.4, 0.5) is 0 Å². The van der Waals surface area contributed by atoms with E-state index in [0.29, 0.717) is 23.9 Å². The molecule has 0 radical (unpaired) electrons. The lowest BCUT2D eigenvalue weighted by Gasteiger charge is -2.27. The molecule has 0 spiro atoms. The van der Waals surface area contributed by atoms with Crippen molar-refractivity contribution >= 4 is 19.7 Å². The van der Waals surface area contributed by atoms with Gasteiger partial charge in [0.15, 0.2) is 0 Å². The van der Waals surface area contributed by atoms with Crippen LogP contribution in [0.2, 0.25) is 0 Å². The Kier molecular flexibility index (Phi) is 49.7. The van der Waals surface area contributed by atoms with Gasteiger partial charge in [-0.2, -0.15) is 0 Å². The van der Waals surface area contributed by atoms with Crippen molar-refractivity contribution in [2.45, 2.75) is 238 Å². The van der Waals surface area contributed by atoms with Crippen LogP contribution in [0.3, 0.4) is 0 Å². The molecule has 0 heterocycles. The number of phosphoric ester groups is 1. The van der Waals surface area contributed by atoms with Gasteiger partial charge in [-0.3, -0.25) is 18.6 Å². The number of nitrogens with zero attached hydrogens (tertiary/aromatic N) is 1. The van der Waals surface area contributed by atoms with Crippen LogP contribution in [0.5, 0.6) is 0 Å². The van der Waals surface area contributed by atoms with Gasteiger partial charge >= 0.3 is 13.8 Å².